The lowest BCUT2D eigenvalue weighted by molar-refractivity contribution is -0.153. The van der Waals surface area contributed by atoms with Gasteiger partial charge in [0.25, 0.3) is 0 Å². The molecular formula is C9H15F3O2. The van der Waals surface area contributed by atoms with Gasteiger partial charge in [-0.25, -0.2) is 0 Å². The molecule has 1 rings (SSSR count). The molecule has 2 nitrogen and oxygen atoms in total. The zero-order valence-corrected chi connectivity index (χ0v) is 8.10. The summed E-state index contributed by atoms with van der Waals surface area (Å²) in [7, 11) is 1.39. The van der Waals surface area contributed by atoms with Gasteiger partial charge in [-0.2, -0.15) is 13.2 Å². The second kappa shape index (κ2) is 4.06. The summed E-state index contributed by atoms with van der Waals surface area (Å²) in [5.41, 5.74) is -1.27. The highest BCUT2D eigenvalue weighted by molar-refractivity contribution is 4.94. The van der Waals surface area contributed by atoms with E-state index in [4.69, 9.17) is 4.74 Å². The van der Waals surface area contributed by atoms with E-state index in [0.717, 1.165) is 12.8 Å². The Morgan fingerprint density at radius 2 is 1.86 bits per heavy atom. The Morgan fingerprint density at radius 1 is 1.29 bits per heavy atom. The highest BCUT2D eigenvalue weighted by Crippen LogP contribution is 2.43. The van der Waals surface area contributed by atoms with Crippen molar-refractivity contribution in [2.24, 2.45) is 5.92 Å². The molecule has 1 N–H and O–H groups in total. The molecule has 0 amide bonds. The van der Waals surface area contributed by atoms with Crippen LogP contribution in [0.3, 0.4) is 0 Å². The van der Waals surface area contributed by atoms with Crippen molar-refractivity contribution in [3.8, 4) is 0 Å². The van der Waals surface area contributed by atoms with Crippen LogP contribution in [-0.4, -0.2) is 30.6 Å². The summed E-state index contributed by atoms with van der Waals surface area (Å²) in [6.45, 7) is -0.00620. The van der Waals surface area contributed by atoms with Gasteiger partial charge < -0.3 is 9.84 Å². The molecule has 5 heteroatoms. The van der Waals surface area contributed by atoms with Gasteiger partial charge in [-0.05, 0) is 25.2 Å². The first-order chi connectivity index (χ1) is 6.37. The molecule has 0 aromatic rings. The maximum atomic E-state index is 12.0. The first-order valence-electron chi connectivity index (χ1n) is 4.65. The fourth-order valence-electron chi connectivity index (χ4n) is 1.62. The largest absolute Gasteiger partial charge is 0.389 e. The van der Waals surface area contributed by atoms with Gasteiger partial charge in [0.1, 0.15) is 0 Å². The lowest BCUT2D eigenvalue weighted by Crippen LogP contribution is -2.38. The number of ether oxygens (including phenoxy) is 1. The molecule has 1 fully saturated rings. The van der Waals surface area contributed by atoms with Gasteiger partial charge in [-0.3, -0.25) is 0 Å². The van der Waals surface area contributed by atoms with E-state index in [1.54, 1.807) is 0 Å². The van der Waals surface area contributed by atoms with Gasteiger partial charge in [0.05, 0.1) is 12.2 Å². The quantitative estimate of drug-likeness (QED) is 0.756. The van der Waals surface area contributed by atoms with E-state index in [2.05, 4.69) is 0 Å². The molecule has 1 atom stereocenters. The fourth-order valence-corrected chi connectivity index (χ4v) is 1.62. The number of hydrogen-bond donors (Lipinski definition) is 1. The van der Waals surface area contributed by atoms with Crippen molar-refractivity contribution in [1.29, 1.82) is 0 Å². The zero-order valence-electron chi connectivity index (χ0n) is 8.10. The number of alkyl halides is 3. The Morgan fingerprint density at radius 3 is 2.21 bits per heavy atom. The summed E-state index contributed by atoms with van der Waals surface area (Å²) in [4.78, 5) is 0. The van der Waals surface area contributed by atoms with E-state index >= 15 is 0 Å². The molecular weight excluding hydrogens is 197 g/mol. The molecule has 0 spiro atoms. The zero-order chi connectivity index (χ0) is 10.8. The summed E-state index contributed by atoms with van der Waals surface area (Å²) in [6.07, 6.45) is -3.79. The molecule has 1 aliphatic rings. The Hall–Kier alpha value is -0.290. The Balaban J connectivity index is 2.43. The van der Waals surface area contributed by atoms with E-state index in [9.17, 15) is 18.3 Å². The van der Waals surface area contributed by atoms with Crippen molar-refractivity contribution in [2.75, 3.05) is 13.7 Å². The van der Waals surface area contributed by atoms with Crippen LogP contribution in [0.5, 0.6) is 0 Å². The second-order valence-electron chi connectivity index (χ2n) is 3.93. The van der Waals surface area contributed by atoms with E-state index in [1.807, 2.05) is 0 Å². The van der Waals surface area contributed by atoms with Crippen LogP contribution in [0.2, 0.25) is 0 Å². The highest BCUT2D eigenvalue weighted by Gasteiger charge is 2.45. The normalized spacial score (nSPS) is 22.1. The topological polar surface area (TPSA) is 29.5 Å². The standard InChI is InChI=1S/C9H15F3O2/c1-14-6-8(13,7-2-3-7)4-5-9(10,11)12/h7,13H,2-6H2,1H3. The van der Waals surface area contributed by atoms with Crippen LogP contribution >= 0.6 is 0 Å². The second-order valence-corrected chi connectivity index (χ2v) is 3.93. The molecule has 0 aromatic heterocycles. The van der Waals surface area contributed by atoms with Crippen molar-refractivity contribution >= 4 is 0 Å². The van der Waals surface area contributed by atoms with Gasteiger partial charge in [0.15, 0.2) is 0 Å². The lowest BCUT2D eigenvalue weighted by Gasteiger charge is -2.27. The molecule has 0 aliphatic heterocycles. The predicted molar refractivity (Wildman–Crippen MR) is 44.8 cm³/mol. The average Bonchev–Trinajstić information content (AvgIpc) is 2.82. The minimum atomic E-state index is -4.20. The molecule has 1 saturated carbocycles. The highest BCUT2D eigenvalue weighted by atomic mass is 19.4. The third-order valence-electron chi connectivity index (χ3n) is 2.57. The van der Waals surface area contributed by atoms with E-state index in [0.29, 0.717) is 0 Å². The van der Waals surface area contributed by atoms with Crippen LogP contribution in [0, 0.1) is 5.92 Å². The SMILES string of the molecule is COCC(O)(CCC(F)(F)F)C1CC1. The third kappa shape index (κ3) is 3.46. The first-order valence-corrected chi connectivity index (χ1v) is 4.65. The first kappa shape index (κ1) is 11.8. The van der Waals surface area contributed by atoms with Gasteiger partial charge in [-0.1, -0.05) is 0 Å². The van der Waals surface area contributed by atoms with E-state index in [1.165, 1.54) is 7.11 Å². The Labute approximate surface area is 81.1 Å². The molecule has 1 unspecified atom stereocenters. The van der Waals surface area contributed by atoms with Crippen molar-refractivity contribution in [3.63, 3.8) is 0 Å². The summed E-state index contributed by atoms with van der Waals surface area (Å²) in [6, 6.07) is 0. The maximum Gasteiger partial charge on any atom is 0.389 e. The molecule has 14 heavy (non-hydrogen) atoms. The minimum Gasteiger partial charge on any atom is -0.387 e. The third-order valence-corrected chi connectivity index (χ3v) is 2.57. The Kier molecular flexibility index (Phi) is 3.42. The van der Waals surface area contributed by atoms with Crippen molar-refractivity contribution < 1.29 is 23.0 Å². The molecule has 0 radical (unpaired) electrons. The average molecular weight is 212 g/mol. The van der Waals surface area contributed by atoms with Crippen LogP contribution in [-0.2, 0) is 4.74 Å². The van der Waals surface area contributed by atoms with Crippen LogP contribution in [0.4, 0.5) is 13.2 Å². The number of halogens is 3. The summed E-state index contributed by atoms with van der Waals surface area (Å²) >= 11 is 0. The molecule has 0 bridgehead atoms. The van der Waals surface area contributed by atoms with Gasteiger partial charge in [0.2, 0.25) is 0 Å². The monoisotopic (exact) mass is 212 g/mol. The number of aliphatic hydroxyl groups is 1. The predicted octanol–water partition coefficient (Wildman–Crippen LogP) is 2.12. The number of rotatable bonds is 5. The summed E-state index contributed by atoms with van der Waals surface area (Å²) < 4.78 is 40.6. The molecule has 84 valence electrons. The summed E-state index contributed by atoms with van der Waals surface area (Å²) in [5.74, 6) is -0.00944. The van der Waals surface area contributed by atoms with Gasteiger partial charge in [0, 0.05) is 13.5 Å². The number of hydrogen-bond acceptors (Lipinski definition) is 2. The fraction of sp³-hybridized carbons (Fsp3) is 1.00. The van der Waals surface area contributed by atoms with E-state index in [-0.39, 0.29) is 18.9 Å². The van der Waals surface area contributed by atoms with Gasteiger partial charge in [-0.15, -0.1) is 0 Å². The van der Waals surface area contributed by atoms with Crippen LogP contribution < -0.4 is 0 Å². The van der Waals surface area contributed by atoms with E-state index < -0.39 is 18.2 Å². The van der Waals surface area contributed by atoms with Crippen molar-refractivity contribution in [1.82, 2.24) is 0 Å². The minimum absolute atomic E-state index is 0.00620. The Bertz CT molecular complexity index is 189. The summed E-state index contributed by atoms with van der Waals surface area (Å²) in [5, 5.41) is 9.89. The van der Waals surface area contributed by atoms with Crippen molar-refractivity contribution in [3.05, 3.63) is 0 Å². The smallest absolute Gasteiger partial charge is 0.387 e. The van der Waals surface area contributed by atoms with Crippen molar-refractivity contribution in [2.45, 2.75) is 37.5 Å². The number of methoxy groups -OCH3 is 1. The molecule has 0 aromatic carbocycles. The van der Waals surface area contributed by atoms with Crippen LogP contribution in [0.15, 0.2) is 0 Å². The maximum absolute atomic E-state index is 12.0. The van der Waals surface area contributed by atoms with Crippen LogP contribution in [0.1, 0.15) is 25.7 Å². The molecule has 1 aliphatic carbocycles. The lowest BCUT2D eigenvalue weighted by atomic mass is 9.93. The molecule has 0 saturated heterocycles. The molecule has 0 heterocycles. The van der Waals surface area contributed by atoms with Gasteiger partial charge >= 0.3 is 6.18 Å². The van der Waals surface area contributed by atoms with Crippen LogP contribution in [0.25, 0.3) is 0 Å².